The van der Waals surface area contributed by atoms with Gasteiger partial charge in [0, 0.05) is 43.0 Å². The van der Waals surface area contributed by atoms with Crippen molar-refractivity contribution in [2.75, 3.05) is 19.7 Å². The second kappa shape index (κ2) is 10.5. The summed E-state index contributed by atoms with van der Waals surface area (Å²) in [4.78, 5) is 27.1. The highest BCUT2D eigenvalue weighted by molar-refractivity contribution is 5.96. The summed E-state index contributed by atoms with van der Waals surface area (Å²) in [7, 11) is 0. The molecule has 1 amide bonds. The summed E-state index contributed by atoms with van der Waals surface area (Å²) in [5.41, 5.74) is 2.76. The second-order valence-corrected chi connectivity index (χ2v) is 8.23. The number of hydrogen-bond donors (Lipinski definition) is 1. The van der Waals surface area contributed by atoms with E-state index < -0.39 is 5.97 Å². The van der Waals surface area contributed by atoms with Gasteiger partial charge in [-0.15, -0.1) is 0 Å². The van der Waals surface area contributed by atoms with Crippen molar-refractivity contribution in [3.05, 3.63) is 71.5 Å². The molecule has 2 heterocycles. The fourth-order valence-corrected chi connectivity index (χ4v) is 4.28. The van der Waals surface area contributed by atoms with Gasteiger partial charge in [0.2, 0.25) is 11.7 Å². The first-order chi connectivity index (χ1) is 15.6. The molecule has 1 aliphatic rings. The van der Waals surface area contributed by atoms with E-state index >= 15 is 0 Å². The number of nitrogens with one attached hydrogen (secondary N) is 1. The SMILES string of the molecule is CCOC(=O)c1oc2ccccc2c1CN1CCC(NC(=O)CCc2ccccc2)CC1. The zero-order valence-corrected chi connectivity index (χ0v) is 18.5. The van der Waals surface area contributed by atoms with Crippen LogP contribution in [0.2, 0.25) is 0 Å². The van der Waals surface area contributed by atoms with Crippen molar-refractivity contribution in [1.82, 2.24) is 10.2 Å². The lowest BCUT2D eigenvalue weighted by Crippen LogP contribution is -2.44. The van der Waals surface area contributed by atoms with Crippen LogP contribution in [0.5, 0.6) is 0 Å². The number of carbonyl (C=O) groups excluding carboxylic acids is 2. The Hall–Kier alpha value is -3.12. The quantitative estimate of drug-likeness (QED) is 0.535. The lowest BCUT2D eigenvalue weighted by molar-refractivity contribution is -0.122. The first-order valence-electron chi connectivity index (χ1n) is 11.4. The fraction of sp³-hybridized carbons (Fsp3) is 0.385. The molecule has 3 aromatic rings. The Balaban J connectivity index is 1.32. The van der Waals surface area contributed by atoms with E-state index in [1.54, 1.807) is 6.92 Å². The lowest BCUT2D eigenvalue weighted by Gasteiger charge is -2.32. The van der Waals surface area contributed by atoms with Crippen LogP contribution in [0.15, 0.2) is 59.0 Å². The van der Waals surface area contributed by atoms with Gasteiger partial charge >= 0.3 is 5.97 Å². The minimum atomic E-state index is -0.417. The molecule has 1 aliphatic heterocycles. The van der Waals surface area contributed by atoms with Crippen molar-refractivity contribution in [2.45, 2.75) is 45.2 Å². The average molecular weight is 435 g/mol. The van der Waals surface area contributed by atoms with Gasteiger partial charge in [-0.05, 0) is 37.8 Å². The summed E-state index contributed by atoms with van der Waals surface area (Å²) in [5, 5.41) is 4.14. The maximum Gasteiger partial charge on any atom is 0.374 e. The van der Waals surface area contributed by atoms with E-state index in [2.05, 4.69) is 22.3 Å². The zero-order chi connectivity index (χ0) is 22.3. The van der Waals surface area contributed by atoms with Gasteiger partial charge < -0.3 is 14.5 Å². The van der Waals surface area contributed by atoms with E-state index in [4.69, 9.17) is 9.15 Å². The summed E-state index contributed by atoms with van der Waals surface area (Å²) in [5.74, 6) is -0.0126. The van der Waals surface area contributed by atoms with Gasteiger partial charge in [-0.2, -0.15) is 0 Å². The topological polar surface area (TPSA) is 71.8 Å². The molecule has 1 N–H and O–H groups in total. The van der Waals surface area contributed by atoms with E-state index in [0.717, 1.165) is 43.3 Å². The Kier molecular flexibility index (Phi) is 7.22. The molecule has 0 spiro atoms. The summed E-state index contributed by atoms with van der Waals surface area (Å²) in [6.45, 7) is 4.43. The number of para-hydroxylation sites is 1. The molecule has 1 fully saturated rings. The molecular formula is C26H30N2O4. The molecule has 0 radical (unpaired) electrons. The number of benzene rings is 2. The summed E-state index contributed by atoms with van der Waals surface area (Å²) >= 11 is 0. The Morgan fingerprint density at radius 3 is 2.53 bits per heavy atom. The van der Waals surface area contributed by atoms with Crippen molar-refractivity contribution in [2.24, 2.45) is 0 Å². The number of rotatable bonds is 8. The number of nitrogens with zero attached hydrogens (tertiary/aromatic N) is 1. The van der Waals surface area contributed by atoms with Crippen LogP contribution in [-0.2, 0) is 22.5 Å². The third-order valence-corrected chi connectivity index (χ3v) is 5.98. The van der Waals surface area contributed by atoms with Crippen LogP contribution in [0, 0.1) is 0 Å². The van der Waals surface area contributed by atoms with Crippen LogP contribution in [0.1, 0.15) is 47.9 Å². The maximum absolute atomic E-state index is 12.4. The summed E-state index contributed by atoms with van der Waals surface area (Å²) < 4.78 is 11.0. The van der Waals surface area contributed by atoms with Gasteiger partial charge in [-0.3, -0.25) is 9.69 Å². The maximum atomic E-state index is 12.4. The standard InChI is InChI=1S/C26H30N2O4/c1-2-31-26(30)25-22(21-10-6-7-11-23(21)32-25)18-28-16-14-20(15-17-28)27-24(29)13-12-19-8-4-3-5-9-19/h3-11,20H,2,12-18H2,1H3,(H,27,29). The fourth-order valence-electron chi connectivity index (χ4n) is 4.28. The molecule has 1 saturated heterocycles. The van der Waals surface area contributed by atoms with Crippen molar-refractivity contribution >= 4 is 22.8 Å². The number of carbonyl (C=O) groups is 2. The molecule has 6 heteroatoms. The number of amides is 1. The molecule has 4 rings (SSSR count). The minimum absolute atomic E-state index is 0.109. The molecule has 0 aliphatic carbocycles. The van der Waals surface area contributed by atoms with E-state index in [1.165, 1.54) is 5.56 Å². The lowest BCUT2D eigenvalue weighted by atomic mass is 10.0. The second-order valence-electron chi connectivity index (χ2n) is 8.23. The van der Waals surface area contributed by atoms with Gasteiger partial charge in [0.1, 0.15) is 5.58 Å². The number of likely N-dealkylation sites (tertiary alicyclic amines) is 1. The third-order valence-electron chi connectivity index (χ3n) is 5.98. The first kappa shape index (κ1) is 22.1. The van der Waals surface area contributed by atoms with Gasteiger partial charge in [-0.25, -0.2) is 4.79 Å². The Labute approximate surface area is 188 Å². The number of furan rings is 1. The number of ether oxygens (including phenoxy) is 1. The monoisotopic (exact) mass is 434 g/mol. The smallest absolute Gasteiger partial charge is 0.374 e. The normalized spacial score (nSPS) is 15.0. The molecular weight excluding hydrogens is 404 g/mol. The van der Waals surface area contributed by atoms with E-state index in [9.17, 15) is 9.59 Å². The molecule has 168 valence electrons. The number of esters is 1. The largest absolute Gasteiger partial charge is 0.460 e. The van der Waals surface area contributed by atoms with Crippen molar-refractivity contribution in [3.63, 3.8) is 0 Å². The predicted octanol–water partition coefficient (Wildman–Crippen LogP) is 4.32. The van der Waals surface area contributed by atoms with Crippen molar-refractivity contribution in [3.8, 4) is 0 Å². The highest BCUT2D eigenvalue weighted by Crippen LogP contribution is 2.28. The highest BCUT2D eigenvalue weighted by Gasteiger charge is 2.26. The van der Waals surface area contributed by atoms with Gasteiger partial charge in [-0.1, -0.05) is 48.5 Å². The average Bonchev–Trinajstić information content (AvgIpc) is 3.18. The van der Waals surface area contributed by atoms with E-state index in [-0.39, 0.29) is 11.9 Å². The Morgan fingerprint density at radius 1 is 1.06 bits per heavy atom. The number of piperidine rings is 1. The molecule has 2 aromatic carbocycles. The molecule has 6 nitrogen and oxygen atoms in total. The molecule has 32 heavy (non-hydrogen) atoms. The van der Waals surface area contributed by atoms with Crippen LogP contribution in [0.3, 0.4) is 0 Å². The van der Waals surface area contributed by atoms with E-state index in [0.29, 0.717) is 30.9 Å². The number of hydrogen-bond acceptors (Lipinski definition) is 5. The Bertz CT molecular complexity index is 1050. The third kappa shape index (κ3) is 5.37. The van der Waals surface area contributed by atoms with Gasteiger partial charge in [0.15, 0.2) is 0 Å². The summed E-state index contributed by atoms with van der Waals surface area (Å²) in [6, 6.07) is 18.0. The molecule has 0 atom stereocenters. The number of fused-ring (bicyclic) bond motifs is 1. The Morgan fingerprint density at radius 2 is 1.78 bits per heavy atom. The van der Waals surface area contributed by atoms with Crippen molar-refractivity contribution < 1.29 is 18.7 Å². The van der Waals surface area contributed by atoms with Gasteiger partial charge in [0.25, 0.3) is 0 Å². The van der Waals surface area contributed by atoms with Crippen LogP contribution >= 0.6 is 0 Å². The molecule has 0 bridgehead atoms. The molecule has 0 saturated carbocycles. The predicted molar refractivity (Wildman–Crippen MR) is 123 cm³/mol. The van der Waals surface area contributed by atoms with Crippen molar-refractivity contribution in [1.29, 1.82) is 0 Å². The zero-order valence-electron chi connectivity index (χ0n) is 18.5. The van der Waals surface area contributed by atoms with Crippen LogP contribution in [0.4, 0.5) is 0 Å². The minimum Gasteiger partial charge on any atom is -0.460 e. The van der Waals surface area contributed by atoms with Crippen LogP contribution < -0.4 is 5.32 Å². The number of aryl methyl sites for hydroxylation is 1. The highest BCUT2D eigenvalue weighted by atomic mass is 16.5. The van der Waals surface area contributed by atoms with Gasteiger partial charge in [0.05, 0.1) is 6.61 Å². The van der Waals surface area contributed by atoms with Crippen LogP contribution in [0.25, 0.3) is 11.0 Å². The summed E-state index contributed by atoms with van der Waals surface area (Å²) in [6.07, 6.45) is 3.05. The molecule has 0 unspecified atom stereocenters. The first-order valence-corrected chi connectivity index (χ1v) is 11.4. The van der Waals surface area contributed by atoms with E-state index in [1.807, 2.05) is 42.5 Å². The molecule has 1 aromatic heterocycles. The van der Waals surface area contributed by atoms with Crippen LogP contribution in [-0.4, -0.2) is 42.5 Å².